The van der Waals surface area contributed by atoms with Crippen molar-refractivity contribution < 1.29 is 27.1 Å². The van der Waals surface area contributed by atoms with Crippen LogP contribution in [0.5, 0.6) is 5.88 Å². The van der Waals surface area contributed by atoms with E-state index in [0.717, 1.165) is 6.20 Å². The first-order chi connectivity index (χ1) is 15.7. The second-order valence-corrected chi connectivity index (χ2v) is 8.13. The SMILES string of the molecule is C[C@@H]1[C@H]2C[C@@H](Oc3cnc(C(F)(F)F)cn3)[C@H](C2)N1C(=O)c1ccc(F)cc1-n1nccn1. The summed E-state index contributed by atoms with van der Waals surface area (Å²) in [6.45, 7) is 1.94. The van der Waals surface area contributed by atoms with Gasteiger partial charge in [0.15, 0.2) is 5.69 Å². The number of carbonyl (C=O) groups excluding carboxylic acids is 1. The van der Waals surface area contributed by atoms with E-state index < -0.39 is 23.8 Å². The quantitative estimate of drug-likeness (QED) is 0.554. The molecule has 1 aliphatic heterocycles. The Morgan fingerprint density at radius 2 is 1.88 bits per heavy atom. The van der Waals surface area contributed by atoms with Gasteiger partial charge in [0.05, 0.1) is 36.4 Å². The Labute approximate surface area is 185 Å². The summed E-state index contributed by atoms with van der Waals surface area (Å²) < 4.78 is 57.9. The van der Waals surface area contributed by atoms with E-state index >= 15 is 0 Å². The molecule has 3 aromatic rings. The number of hydrogen-bond acceptors (Lipinski definition) is 6. The number of alkyl halides is 3. The third-order valence-electron chi connectivity index (χ3n) is 6.24. The molecule has 1 aromatic carbocycles. The molecule has 2 aliphatic rings. The molecule has 4 atom stereocenters. The molecule has 2 bridgehead atoms. The number of halogens is 4. The number of carbonyl (C=O) groups is 1. The van der Waals surface area contributed by atoms with Crippen LogP contribution in [0.3, 0.4) is 0 Å². The first-order valence-corrected chi connectivity index (χ1v) is 10.3. The number of hydrogen-bond donors (Lipinski definition) is 0. The topological polar surface area (TPSA) is 86.0 Å². The van der Waals surface area contributed by atoms with E-state index in [1.165, 1.54) is 35.4 Å². The molecule has 5 rings (SSSR count). The Morgan fingerprint density at radius 3 is 2.52 bits per heavy atom. The Morgan fingerprint density at radius 1 is 1.12 bits per heavy atom. The lowest BCUT2D eigenvalue weighted by atomic mass is 9.98. The second-order valence-electron chi connectivity index (χ2n) is 8.13. The van der Waals surface area contributed by atoms with Crippen LogP contribution in [0, 0.1) is 11.7 Å². The number of ether oxygens (including phenoxy) is 1. The van der Waals surface area contributed by atoms with Gasteiger partial charge in [-0.15, -0.1) is 0 Å². The fourth-order valence-corrected chi connectivity index (χ4v) is 4.70. The molecular formula is C21H18F4N6O2. The van der Waals surface area contributed by atoms with Gasteiger partial charge >= 0.3 is 6.18 Å². The molecule has 0 unspecified atom stereocenters. The summed E-state index contributed by atoms with van der Waals surface area (Å²) in [5.41, 5.74) is -0.657. The van der Waals surface area contributed by atoms with E-state index in [0.29, 0.717) is 19.0 Å². The standard InChI is InChI=1S/C21H18F4N6O2/c1-11-12-6-16(17(7-12)33-19-10-26-18(9-27-19)21(23,24)25)30(11)20(32)14-3-2-13(22)8-15(14)31-28-4-5-29-31/h2-5,8-12,16-17H,6-7H2,1H3/t11-,12-,16+,17-/m1/s1. The number of benzene rings is 1. The molecule has 1 aliphatic carbocycles. The first kappa shape index (κ1) is 21.3. The minimum absolute atomic E-state index is 0.0381. The van der Waals surface area contributed by atoms with Gasteiger partial charge in [-0.25, -0.2) is 14.4 Å². The minimum Gasteiger partial charge on any atom is -0.471 e. The maximum atomic E-state index is 13.9. The fourth-order valence-electron chi connectivity index (χ4n) is 4.70. The molecule has 8 nitrogen and oxygen atoms in total. The molecule has 2 aromatic heterocycles. The zero-order valence-corrected chi connectivity index (χ0v) is 17.3. The van der Waals surface area contributed by atoms with Crippen LogP contribution in [0.2, 0.25) is 0 Å². The molecule has 1 saturated carbocycles. The highest BCUT2D eigenvalue weighted by molar-refractivity contribution is 5.98. The van der Waals surface area contributed by atoms with Crippen LogP contribution in [0.25, 0.3) is 5.69 Å². The number of aromatic nitrogens is 5. The Bertz CT molecular complexity index is 1170. The monoisotopic (exact) mass is 462 g/mol. The lowest BCUT2D eigenvalue weighted by Gasteiger charge is -2.37. The normalized spacial score (nSPS) is 24.3. The van der Waals surface area contributed by atoms with Crippen LogP contribution in [0.4, 0.5) is 17.6 Å². The van der Waals surface area contributed by atoms with Crippen LogP contribution in [-0.4, -0.2) is 54.0 Å². The first-order valence-electron chi connectivity index (χ1n) is 10.3. The highest BCUT2D eigenvalue weighted by Gasteiger charge is 2.53. The lowest BCUT2D eigenvalue weighted by Crippen LogP contribution is -2.51. The van der Waals surface area contributed by atoms with Gasteiger partial charge in [0.1, 0.15) is 17.6 Å². The van der Waals surface area contributed by atoms with Gasteiger partial charge in [0.2, 0.25) is 5.88 Å². The maximum absolute atomic E-state index is 13.9. The summed E-state index contributed by atoms with van der Waals surface area (Å²) in [5, 5.41) is 8.02. The molecule has 12 heteroatoms. The second kappa shape index (κ2) is 7.78. The van der Waals surface area contributed by atoms with Crippen molar-refractivity contribution in [2.75, 3.05) is 0 Å². The molecule has 172 valence electrons. The molecule has 1 saturated heterocycles. The Kier molecular flexibility index (Phi) is 5.02. The summed E-state index contributed by atoms with van der Waals surface area (Å²) in [7, 11) is 0. The maximum Gasteiger partial charge on any atom is 0.434 e. The number of piperidine rings is 1. The molecule has 2 fully saturated rings. The summed E-state index contributed by atoms with van der Waals surface area (Å²) >= 11 is 0. The van der Waals surface area contributed by atoms with Gasteiger partial charge in [0, 0.05) is 12.1 Å². The van der Waals surface area contributed by atoms with Crippen molar-refractivity contribution in [2.24, 2.45) is 5.92 Å². The van der Waals surface area contributed by atoms with E-state index in [1.54, 1.807) is 4.90 Å². The molecule has 3 heterocycles. The molecule has 33 heavy (non-hydrogen) atoms. The van der Waals surface area contributed by atoms with Crippen molar-refractivity contribution in [3.8, 4) is 11.6 Å². The third-order valence-corrected chi connectivity index (χ3v) is 6.24. The summed E-state index contributed by atoms with van der Waals surface area (Å²) in [6, 6.07) is 3.38. The average Bonchev–Trinajstić information content (AvgIpc) is 3.50. The number of likely N-dealkylation sites (tertiary alicyclic amines) is 1. The molecule has 0 radical (unpaired) electrons. The van der Waals surface area contributed by atoms with Crippen molar-refractivity contribution in [1.82, 2.24) is 29.9 Å². The van der Waals surface area contributed by atoms with Crippen LogP contribution in [0.1, 0.15) is 35.8 Å². The smallest absolute Gasteiger partial charge is 0.434 e. The van der Waals surface area contributed by atoms with Crippen LogP contribution in [0.15, 0.2) is 43.0 Å². The zero-order valence-electron chi connectivity index (χ0n) is 17.3. The summed E-state index contributed by atoms with van der Waals surface area (Å²) in [5.74, 6) is -0.743. The van der Waals surface area contributed by atoms with Crippen molar-refractivity contribution in [1.29, 1.82) is 0 Å². The van der Waals surface area contributed by atoms with Crippen molar-refractivity contribution >= 4 is 5.91 Å². The van der Waals surface area contributed by atoms with Crippen molar-refractivity contribution in [3.63, 3.8) is 0 Å². The van der Waals surface area contributed by atoms with Gasteiger partial charge < -0.3 is 9.64 Å². The average molecular weight is 462 g/mol. The van der Waals surface area contributed by atoms with E-state index in [2.05, 4.69) is 20.2 Å². The highest BCUT2D eigenvalue weighted by atomic mass is 19.4. The summed E-state index contributed by atoms with van der Waals surface area (Å²) in [6.07, 6.45) is 0.683. The van der Waals surface area contributed by atoms with Crippen molar-refractivity contribution in [2.45, 2.75) is 44.1 Å². The third kappa shape index (κ3) is 3.79. The lowest BCUT2D eigenvalue weighted by molar-refractivity contribution is -0.141. The zero-order chi connectivity index (χ0) is 23.3. The van der Waals surface area contributed by atoms with E-state index in [4.69, 9.17) is 4.74 Å². The molecular weight excluding hydrogens is 444 g/mol. The minimum atomic E-state index is -4.59. The number of nitrogens with zero attached hydrogens (tertiary/aromatic N) is 6. The van der Waals surface area contributed by atoms with Gasteiger partial charge in [-0.05, 0) is 37.8 Å². The Hall–Kier alpha value is -3.57. The van der Waals surface area contributed by atoms with Gasteiger partial charge in [0.25, 0.3) is 5.91 Å². The van der Waals surface area contributed by atoms with E-state index in [9.17, 15) is 22.4 Å². The summed E-state index contributed by atoms with van der Waals surface area (Å²) in [4.78, 5) is 23.5. The van der Waals surface area contributed by atoms with E-state index in [-0.39, 0.29) is 41.0 Å². The predicted molar refractivity (Wildman–Crippen MR) is 105 cm³/mol. The molecule has 1 amide bonds. The van der Waals surface area contributed by atoms with Gasteiger partial charge in [-0.2, -0.15) is 28.2 Å². The highest BCUT2D eigenvalue weighted by Crippen LogP contribution is 2.44. The van der Waals surface area contributed by atoms with Crippen molar-refractivity contribution in [3.05, 3.63) is 60.1 Å². The van der Waals surface area contributed by atoms with E-state index in [1.807, 2.05) is 6.92 Å². The largest absolute Gasteiger partial charge is 0.471 e. The Balaban J connectivity index is 1.39. The van der Waals surface area contributed by atoms with Gasteiger partial charge in [-0.1, -0.05) is 0 Å². The number of rotatable bonds is 4. The fraction of sp³-hybridized carbons (Fsp3) is 0.381. The number of amides is 1. The molecule has 0 N–H and O–H groups in total. The van der Waals surface area contributed by atoms with Crippen LogP contribution < -0.4 is 4.74 Å². The molecule has 0 spiro atoms. The van der Waals surface area contributed by atoms with Crippen LogP contribution >= 0.6 is 0 Å². The predicted octanol–water partition coefficient (Wildman–Crippen LogP) is 3.29. The van der Waals surface area contributed by atoms with Crippen LogP contribution in [-0.2, 0) is 6.18 Å². The van der Waals surface area contributed by atoms with Gasteiger partial charge in [-0.3, -0.25) is 4.79 Å². The number of fused-ring (bicyclic) bond motifs is 2.